The van der Waals surface area contributed by atoms with E-state index in [1.807, 2.05) is 0 Å². The minimum atomic E-state index is -0.853. The molecule has 1 rings (SSSR count). The smallest absolute Gasteiger partial charge is 0.105 e. The Morgan fingerprint density at radius 3 is 2.50 bits per heavy atom. The topological polar surface area (TPSA) is 66.5 Å². The molecule has 0 radical (unpaired) electrons. The van der Waals surface area contributed by atoms with E-state index in [0.717, 1.165) is 0 Å². The first-order valence-corrected chi connectivity index (χ1v) is 3.83. The summed E-state index contributed by atoms with van der Waals surface area (Å²) in [4.78, 5) is 0. The minimum Gasteiger partial charge on any atom is -0.399 e. The molecule has 0 aliphatic rings. The lowest BCUT2D eigenvalue weighted by molar-refractivity contribution is 0.0306. The van der Waals surface area contributed by atoms with E-state index in [2.05, 4.69) is 0 Å². The average Bonchev–Trinajstić information content (AvgIpc) is 2.03. The Morgan fingerprint density at radius 2 is 2.00 bits per heavy atom. The Hall–Kier alpha value is -1.06. The van der Waals surface area contributed by atoms with Crippen LogP contribution in [0.4, 0.5) is 5.69 Å². The van der Waals surface area contributed by atoms with Crippen LogP contribution < -0.4 is 5.73 Å². The van der Waals surface area contributed by atoms with E-state index >= 15 is 0 Å². The lowest BCUT2D eigenvalue weighted by Gasteiger charge is -2.13. The van der Waals surface area contributed by atoms with Gasteiger partial charge in [-0.25, -0.2) is 0 Å². The van der Waals surface area contributed by atoms with Crippen LogP contribution in [0.5, 0.6) is 0 Å². The molecular weight excluding hydrogens is 154 g/mol. The fraction of sp³-hybridized carbons (Fsp3) is 0.333. The molecule has 4 N–H and O–H groups in total. The summed E-state index contributed by atoms with van der Waals surface area (Å²) in [6.07, 6.45) is -1.62. The molecule has 0 amide bonds. The lowest BCUT2D eigenvalue weighted by Crippen LogP contribution is -2.13. The summed E-state index contributed by atoms with van der Waals surface area (Å²) >= 11 is 0. The number of nitrogen functional groups attached to an aromatic ring is 1. The zero-order chi connectivity index (χ0) is 9.14. The van der Waals surface area contributed by atoms with Crippen molar-refractivity contribution in [3.8, 4) is 0 Å². The highest BCUT2D eigenvalue weighted by molar-refractivity contribution is 5.41. The van der Waals surface area contributed by atoms with E-state index < -0.39 is 12.2 Å². The highest BCUT2D eigenvalue weighted by atomic mass is 16.3. The van der Waals surface area contributed by atoms with Crippen molar-refractivity contribution in [2.75, 3.05) is 5.73 Å². The average molecular weight is 167 g/mol. The maximum absolute atomic E-state index is 9.42. The lowest BCUT2D eigenvalue weighted by atomic mass is 10.1. The standard InChI is InChI=1S/C9H13NO2/c1-6(11)9(12)7-3-2-4-8(10)5-7/h2-6,9,11-12H,10H2,1H3. The van der Waals surface area contributed by atoms with Crippen molar-refractivity contribution in [1.29, 1.82) is 0 Å². The maximum atomic E-state index is 9.42. The Bertz CT molecular complexity index is 260. The van der Waals surface area contributed by atoms with Crippen LogP contribution in [-0.2, 0) is 0 Å². The predicted octanol–water partition coefficient (Wildman–Crippen LogP) is 0.683. The number of benzene rings is 1. The molecule has 66 valence electrons. The van der Waals surface area contributed by atoms with Gasteiger partial charge in [-0.15, -0.1) is 0 Å². The Labute approximate surface area is 71.5 Å². The van der Waals surface area contributed by atoms with E-state index in [9.17, 15) is 5.11 Å². The number of nitrogens with two attached hydrogens (primary N) is 1. The molecule has 0 aliphatic heterocycles. The number of anilines is 1. The van der Waals surface area contributed by atoms with E-state index in [0.29, 0.717) is 11.3 Å². The van der Waals surface area contributed by atoms with Crippen molar-refractivity contribution in [1.82, 2.24) is 0 Å². The number of aliphatic hydroxyl groups excluding tert-OH is 2. The van der Waals surface area contributed by atoms with Crippen LogP contribution in [-0.4, -0.2) is 16.3 Å². The molecule has 0 saturated heterocycles. The summed E-state index contributed by atoms with van der Waals surface area (Å²) in [5, 5.41) is 18.5. The van der Waals surface area contributed by atoms with Crippen LogP contribution in [0.25, 0.3) is 0 Å². The molecular formula is C9H13NO2. The molecule has 0 bridgehead atoms. The largest absolute Gasteiger partial charge is 0.399 e. The predicted molar refractivity (Wildman–Crippen MR) is 47.5 cm³/mol. The van der Waals surface area contributed by atoms with Crippen molar-refractivity contribution in [2.24, 2.45) is 0 Å². The van der Waals surface area contributed by atoms with Crippen LogP contribution in [0.2, 0.25) is 0 Å². The van der Waals surface area contributed by atoms with Gasteiger partial charge in [-0.1, -0.05) is 12.1 Å². The van der Waals surface area contributed by atoms with Gasteiger partial charge in [-0.05, 0) is 24.6 Å². The highest BCUT2D eigenvalue weighted by Gasteiger charge is 2.12. The maximum Gasteiger partial charge on any atom is 0.105 e. The van der Waals surface area contributed by atoms with Gasteiger partial charge < -0.3 is 15.9 Å². The third-order valence-corrected chi connectivity index (χ3v) is 1.71. The van der Waals surface area contributed by atoms with Crippen molar-refractivity contribution < 1.29 is 10.2 Å². The fourth-order valence-corrected chi connectivity index (χ4v) is 1.02. The quantitative estimate of drug-likeness (QED) is 0.567. The zero-order valence-electron chi connectivity index (χ0n) is 6.94. The van der Waals surface area contributed by atoms with E-state index in [1.165, 1.54) is 6.92 Å². The highest BCUT2D eigenvalue weighted by Crippen LogP contribution is 2.18. The molecule has 3 nitrogen and oxygen atoms in total. The molecule has 0 saturated carbocycles. The van der Waals surface area contributed by atoms with Crippen molar-refractivity contribution >= 4 is 5.69 Å². The molecule has 0 heterocycles. The van der Waals surface area contributed by atoms with Crippen LogP contribution in [0, 0.1) is 0 Å². The monoisotopic (exact) mass is 167 g/mol. The van der Waals surface area contributed by atoms with Crippen molar-refractivity contribution in [2.45, 2.75) is 19.1 Å². The van der Waals surface area contributed by atoms with Gasteiger partial charge in [-0.2, -0.15) is 0 Å². The molecule has 0 fully saturated rings. The molecule has 2 unspecified atom stereocenters. The van der Waals surface area contributed by atoms with E-state index in [1.54, 1.807) is 24.3 Å². The van der Waals surface area contributed by atoms with E-state index in [-0.39, 0.29) is 0 Å². The normalized spacial score (nSPS) is 15.6. The van der Waals surface area contributed by atoms with Crippen LogP contribution >= 0.6 is 0 Å². The number of aliphatic hydroxyl groups is 2. The zero-order valence-corrected chi connectivity index (χ0v) is 6.94. The molecule has 0 spiro atoms. The van der Waals surface area contributed by atoms with Gasteiger partial charge in [0.25, 0.3) is 0 Å². The second-order valence-electron chi connectivity index (χ2n) is 2.86. The molecule has 3 heteroatoms. The second kappa shape index (κ2) is 3.56. The number of rotatable bonds is 2. The molecule has 12 heavy (non-hydrogen) atoms. The minimum absolute atomic E-state index is 0.590. The van der Waals surface area contributed by atoms with Gasteiger partial charge in [0.2, 0.25) is 0 Å². The van der Waals surface area contributed by atoms with Crippen LogP contribution in [0.3, 0.4) is 0 Å². The molecule has 0 aliphatic carbocycles. The first-order valence-electron chi connectivity index (χ1n) is 3.83. The Morgan fingerprint density at radius 1 is 1.33 bits per heavy atom. The third-order valence-electron chi connectivity index (χ3n) is 1.71. The summed E-state index contributed by atoms with van der Waals surface area (Å²) < 4.78 is 0. The van der Waals surface area contributed by atoms with Gasteiger partial charge in [0, 0.05) is 5.69 Å². The molecule has 1 aromatic carbocycles. The third kappa shape index (κ3) is 1.96. The van der Waals surface area contributed by atoms with Crippen molar-refractivity contribution in [3.63, 3.8) is 0 Å². The van der Waals surface area contributed by atoms with Crippen molar-refractivity contribution in [3.05, 3.63) is 29.8 Å². The van der Waals surface area contributed by atoms with Gasteiger partial charge in [0.1, 0.15) is 6.10 Å². The molecule has 2 atom stereocenters. The van der Waals surface area contributed by atoms with E-state index in [4.69, 9.17) is 10.8 Å². The molecule has 1 aromatic rings. The summed E-state index contributed by atoms with van der Waals surface area (Å²) in [6, 6.07) is 6.86. The van der Waals surface area contributed by atoms with Crippen LogP contribution in [0.15, 0.2) is 24.3 Å². The first-order chi connectivity index (χ1) is 5.61. The van der Waals surface area contributed by atoms with Gasteiger partial charge in [0.15, 0.2) is 0 Å². The fourth-order valence-electron chi connectivity index (χ4n) is 1.02. The van der Waals surface area contributed by atoms with Gasteiger partial charge in [0.05, 0.1) is 6.10 Å². The van der Waals surface area contributed by atoms with Gasteiger partial charge >= 0.3 is 0 Å². The summed E-state index contributed by atoms with van der Waals surface area (Å²) in [5.74, 6) is 0. The summed E-state index contributed by atoms with van der Waals surface area (Å²) in [7, 11) is 0. The van der Waals surface area contributed by atoms with Gasteiger partial charge in [-0.3, -0.25) is 0 Å². The summed E-state index contributed by atoms with van der Waals surface area (Å²) in [6.45, 7) is 1.54. The number of hydrogen-bond acceptors (Lipinski definition) is 3. The Kier molecular flexibility index (Phi) is 2.68. The SMILES string of the molecule is CC(O)C(O)c1cccc(N)c1. The molecule has 0 aromatic heterocycles. The second-order valence-corrected chi connectivity index (χ2v) is 2.86. The Balaban J connectivity index is 2.88. The first kappa shape index (κ1) is 9.03. The summed E-state index contributed by atoms with van der Waals surface area (Å²) in [5.41, 5.74) is 6.74. The van der Waals surface area contributed by atoms with Crippen LogP contribution in [0.1, 0.15) is 18.6 Å². The number of hydrogen-bond donors (Lipinski definition) is 3.